The summed E-state index contributed by atoms with van der Waals surface area (Å²) in [6.45, 7) is 6.19. The summed E-state index contributed by atoms with van der Waals surface area (Å²) in [6, 6.07) is 12.9. The predicted octanol–water partition coefficient (Wildman–Crippen LogP) is 1.92. The number of aryl methyl sites for hydroxylation is 1. The summed E-state index contributed by atoms with van der Waals surface area (Å²) in [5.74, 6) is 1.53. The monoisotopic (exact) mass is 338 g/mol. The van der Waals surface area contributed by atoms with Gasteiger partial charge in [-0.25, -0.2) is 4.98 Å². The van der Waals surface area contributed by atoms with Gasteiger partial charge in [-0.3, -0.25) is 4.90 Å². The van der Waals surface area contributed by atoms with E-state index in [2.05, 4.69) is 55.6 Å². The molecule has 1 unspecified atom stereocenters. The van der Waals surface area contributed by atoms with Gasteiger partial charge in [-0.15, -0.1) is 0 Å². The Bertz CT molecular complexity index is 828. The first-order chi connectivity index (χ1) is 12.3. The molecule has 130 valence electrons. The average molecular weight is 338 g/mol. The van der Waals surface area contributed by atoms with E-state index >= 15 is 0 Å². The molecule has 7 heteroatoms. The molecule has 1 fully saturated rings. The van der Waals surface area contributed by atoms with E-state index in [9.17, 15) is 0 Å². The molecule has 0 radical (unpaired) electrons. The fraction of sp³-hybridized carbons (Fsp3) is 0.389. The molecule has 1 aliphatic rings. The molecule has 1 atom stereocenters. The number of nitrogens with one attached hydrogen (secondary N) is 1. The summed E-state index contributed by atoms with van der Waals surface area (Å²) < 4.78 is 7.26. The number of ether oxygens (including phenoxy) is 1. The maximum Gasteiger partial charge on any atom is 0.254 e. The molecule has 25 heavy (non-hydrogen) atoms. The third-order valence-electron chi connectivity index (χ3n) is 4.53. The number of nitrogens with zero attached hydrogens (tertiary/aromatic N) is 5. The van der Waals surface area contributed by atoms with E-state index in [0.717, 1.165) is 44.4 Å². The van der Waals surface area contributed by atoms with E-state index in [1.54, 1.807) is 4.52 Å². The molecular weight excluding hydrogens is 316 g/mol. The normalized spacial score (nSPS) is 16.8. The molecule has 3 heterocycles. The third-order valence-corrected chi connectivity index (χ3v) is 4.53. The largest absolute Gasteiger partial charge is 0.379 e. The van der Waals surface area contributed by atoms with E-state index in [1.165, 1.54) is 11.9 Å². The molecule has 7 nitrogen and oxygen atoms in total. The molecule has 3 aromatic rings. The molecule has 0 aliphatic carbocycles. The molecule has 4 rings (SSSR count). The first-order valence-corrected chi connectivity index (χ1v) is 8.59. The van der Waals surface area contributed by atoms with Crippen molar-refractivity contribution >= 4 is 11.6 Å². The summed E-state index contributed by atoms with van der Waals surface area (Å²) in [5.41, 5.74) is 2.23. The Morgan fingerprint density at radius 1 is 1.20 bits per heavy atom. The number of fused-ring (bicyclic) bond motifs is 1. The topological polar surface area (TPSA) is 67.6 Å². The van der Waals surface area contributed by atoms with Crippen LogP contribution in [0.1, 0.15) is 17.3 Å². The highest BCUT2D eigenvalue weighted by atomic mass is 16.5. The Labute approximate surface area is 146 Å². The lowest BCUT2D eigenvalue weighted by atomic mass is 10.0. The van der Waals surface area contributed by atoms with Crippen molar-refractivity contribution in [3.05, 3.63) is 54.0 Å². The average Bonchev–Trinajstić information content (AvgIpc) is 3.12. The van der Waals surface area contributed by atoms with Gasteiger partial charge < -0.3 is 10.1 Å². The Kier molecular flexibility index (Phi) is 4.58. The van der Waals surface area contributed by atoms with Crippen molar-refractivity contribution in [2.45, 2.75) is 13.0 Å². The molecule has 0 amide bonds. The summed E-state index contributed by atoms with van der Waals surface area (Å²) >= 11 is 0. The second-order valence-electron chi connectivity index (χ2n) is 6.21. The molecule has 1 aliphatic heterocycles. The lowest BCUT2D eigenvalue weighted by Gasteiger charge is -2.35. The van der Waals surface area contributed by atoms with E-state index in [1.807, 2.05) is 13.0 Å². The van der Waals surface area contributed by atoms with Crippen molar-refractivity contribution in [3.8, 4) is 0 Å². The van der Waals surface area contributed by atoms with Crippen LogP contribution in [0.2, 0.25) is 0 Å². The van der Waals surface area contributed by atoms with Crippen LogP contribution in [0, 0.1) is 6.92 Å². The van der Waals surface area contributed by atoms with Gasteiger partial charge in [-0.2, -0.15) is 14.6 Å². The van der Waals surface area contributed by atoms with Gasteiger partial charge in [-0.05, 0) is 12.5 Å². The van der Waals surface area contributed by atoms with E-state index in [0.29, 0.717) is 5.78 Å². The molecule has 1 N–H and O–H groups in total. The van der Waals surface area contributed by atoms with E-state index in [4.69, 9.17) is 4.74 Å². The zero-order valence-corrected chi connectivity index (χ0v) is 14.3. The molecular formula is C18H22N6O. The second-order valence-corrected chi connectivity index (χ2v) is 6.21. The van der Waals surface area contributed by atoms with Crippen LogP contribution in [0.3, 0.4) is 0 Å². The molecule has 0 saturated carbocycles. The lowest BCUT2D eigenvalue weighted by molar-refractivity contribution is 0.0187. The number of aromatic nitrogens is 4. The highest BCUT2D eigenvalue weighted by molar-refractivity contribution is 5.45. The van der Waals surface area contributed by atoms with Gasteiger partial charge in [0.2, 0.25) is 0 Å². The first kappa shape index (κ1) is 16.0. The fourth-order valence-corrected chi connectivity index (χ4v) is 3.28. The number of rotatable bonds is 5. The van der Waals surface area contributed by atoms with Gasteiger partial charge in [0, 0.05) is 31.4 Å². The maximum absolute atomic E-state index is 5.52. The highest BCUT2D eigenvalue weighted by Gasteiger charge is 2.22. The summed E-state index contributed by atoms with van der Waals surface area (Å²) in [5, 5.41) is 7.82. The van der Waals surface area contributed by atoms with Gasteiger partial charge in [0.25, 0.3) is 5.78 Å². The fourth-order valence-electron chi connectivity index (χ4n) is 3.28. The molecule has 1 aromatic carbocycles. The van der Waals surface area contributed by atoms with E-state index < -0.39 is 0 Å². The SMILES string of the molecule is Cc1cc(NCC(c2ccccc2)N2CCOCC2)n2ncnc2n1. The third kappa shape index (κ3) is 3.47. The lowest BCUT2D eigenvalue weighted by Crippen LogP contribution is -2.41. The van der Waals surface area contributed by atoms with Gasteiger partial charge in [0.05, 0.1) is 19.3 Å². The van der Waals surface area contributed by atoms with E-state index in [-0.39, 0.29) is 6.04 Å². The van der Waals surface area contributed by atoms with Crippen molar-refractivity contribution < 1.29 is 4.74 Å². The van der Waals surface area contributed by atoms with Crippen molar-refractivity contribution in [2.75, 3.05) is 38.2 Å². The number of benzene rings is 1. The van der Waals surface area contributed by atoms with Crippen LogP contribution in [-0.4, -0.2) is 57.3 Å². The van der Waals surface area contributed by atoms with Gasteiger partial charge >= 0.3 is 0 Å². The van der Waals surface area contributed by atoms with Crippen LogP contribution >= 0.6 is 0 Å². The number of hydrogen-bond donors (Lipinski definition) is 1. The van der Waals surface area contributed by atoms with Crippen molar-refractivity contribution in [1.82, 2.24) is 24.5 Å². The smallest absolute Gasteiger partial charge is 0.254 e. The molecule has 0 bridgehead atoms. The zero-order valence-electron chi connectivity index (χ0n) is 14.3. The minimum atomic E-state index is 0.275. The predicted molar refractivity (Wildman–Crippen MR) is 95.6 cm³/mol. The van der Waals surface area contributed by atoms with Crippen LogP contribution in [0.4, 0.5) is 5.82 Å². The van der Waals surface area contributed by atoms with Crippen LogP contribution in [-0.2, 0) is 4.74 Å². The quantitative estimate of drug-likeness (QED) is 0.767. The maximum atomic E-state index is 5.52. The zero-order chi connectivity index (χ0) is 17.1. The summed E-state index contributed by atoms with van der Waals surface area (Å²) in [4.78, 5) is 11.1. The van der Waals surface area contributed by atoms with Crippen molar-refractivity contribution in [3.63, 3.8) is 0 Å². The minimum Gasteiger partial charge on any atom is -0.379 e. The number of hydrogen-bond acceptors (Lipinski definition) is 6. The summed E-state index contributed by atoms with van der Waals surface area (Å²) in [6.07, 6.45) is 1.53. The van der Waals surface area contributed by atoms with Crippen LogP contribution in [0.25, 0.3) is 5.78 Å². The van der Waals surface area contributed by atoms with Gasteiger partial charge in [0.15, 0.2) is 0 Å². The molecule has 1 saturated heterocycles. The minimum absolute atomic E-state index is 0.275. The van der Waals surface area contributed by atoms with Gasteiger partial charge in [-0.1, -0.05) is 30.3 Å². The van der Waals surface area contributed by atoms with Crippen LogP contribution in [0.15, 0.2) is 42.7 Å². The van der Waals surface area contributed by atoms with Gasteiger partial charge in [0.1, 0.15) is 12.1 Å². The number of anilines is 1. The van der Waals surface area contributed by atoms with Crippen LogP contribution in [0.5, 0.6) is 0 Å². The highest BCUT2D eigenvalue weighted by Crippen LogP contribution is 2.23. The Morgan fingerprint density at radius 2 is 2.00 bits per heavy atom. The Morgan fingerprint density at radius 3 is 2.80 bits per heavy atom. The molecule has 0 spiro atoms. The standard InChI is InChI=1S/C18H22N6O/c1-14-11-17(24-18(22-14)20-13-21-24)19-12-16(15-5-3-2-4-6-15)23-7-9-25-10-8-23/h2-6,11,13,16,19H,7-10,12H2,1H3. The first-order valence-electron chi connectivity index (χ1n) is 8.59. The van der Waals surface area contributed by atoms with Crippen LogP contribution < -0.4 is 5.32 Å². The molecule has 2 aromatic heterocycles. The second kappa shape index (κ2) is 7.16. The Balaban J connectivity index is 1.59. The van der Waals surface area contributed by atoms with Crippen molar-refractivity contribution in [2.24, 2.45) is 0 Å². The van der Waals surface area contributed by atoms with Crippen molar-refractivity contribution in [1.29, 1.82) is 0 Å². The summed E-state index contributed by atoms with van der Waals surface area (Å²) in [7, 11) is 0. The Hall–Kier alpha value is -2.51. The number of morpholine rings is 1.